The van der Waals surface area contributed by atoms with Crippen molar-refractivity contribution >= 4 is 34.7 Å². The van der Waals surface area contributed by atoms with Crippen LogP contribution in [0, 0.1) is 25.5 Å². The maximum Gasteiger partial charge on any atom is 0.277 e. The fourth-order valence-electron chi connectivity index (χ4n) is 2.71. The highest BCUT2D eigenvalue weighted by molar-refractivity contribution is 6.60. The third-order valence-electron chi connectivity index (χ3n) is 3.83. The molecule has 2 amide bonds. The van der Waals surface area contributed by atoms with Gasteiger partial charge in [-0.05, 0) is 37.1 Å². The zero-order chi connectivity index (χ0) is 17.6. The number of benzene rings is 2. The molecule has 1 aliphatic heterocycles. The molecule has 0 spiro atoms. The van der Waals surface area contributed by atoms with Gasteiger partial charge in [0.2, 0.25) is 0 Å². The summed E-state index contributed by atoms with van der Waals surface area (Å²) in [4.78, 5) is 25.6. The summed E-state index contributed by atoms with van der Waals surface area (Å²) >= 11 is 6.06. The highest BCUT2D eigenvalue weighted by atomic mass is 35.5. The van der Waals surface area contributed by atoms with E-state index in [1.54, 1.807) is 19.1 Å². The average Bonchev–Trinajstić information content (AvgIpc) is 2.73. The van der Waals surface area contributed by atoms with Crippen molar-refractivity contribution in [3.05, 3.63) is 69.8 Å². The molecule has 1 heterocycles. The minimum absolute atomic E-state index is 0.0113. The number of anilines is 1. The van der Waals surface area contributed by atoms with E-state index in [1.165, 1.54) is 0 Å². The first-order valence-corrected chi connectivity index (χ1v) is 7.50. The van der Waals surface area contributed by atoms with Crippen molar-refractivity contribution in [1.29, 1.82) is 0 Å². The largest absolute Gasteiger partial charge is 0.277 e. The van der Waals surface area contributed by atoms with Crippen LogP contribution < -0.4 is 4.90 Å². The van der Waals surface area contributed by atoms with Crippen molar-refractivity contribution in [2.75, 3.05) is 4.90 Å². The molecular weight excluding hydrogens is 336 g/mol. The van der Waals surface area contributed by atoms with Gasteiger partial charge in [0.15, 0.2) is 0 Å². The molecule has 0 aromatic heterocycles. The Morgan fingerprint density at radius 2 is 1.67 bits per heavy atom. The third-order valence-corrected chi connectivity index (χ3v) is 4.18. The lowest BCUT2D eigenvalue weighted by Crippen LogP contribution is -2.32. The van der Waals surface area contributed by atoms with Crippen LogP contribution in [0.5, 0.6) is 0 Å². The number of halogens is 3. The smallest absolute Gasteiger partial charge is 0.268 e. The molecule has 1 aliphatic rings. The molecule has 0 unspecified atom stereocenters. The lowest BCUT2D eigenvalue weighted by molar-refractivity contribution is -0.119. The van der Waals surface area contributed by atoms with Gasteiger partial charge in [0.05, 0.1) is 11.3 Å². The molecule has 0 fully saturated rings. The highest BCUT2D eigenvalue weighted by Crippen LogP contribution is 2.37. The summed E-state index contributed by atoms with van der Waals surface area (Å²) in [6.45, 7) is 3.67. The van der Waals surface area contributed by atoms with E-state index in [0.29, 0.717) is 10.5 Å². The first kappa shape index (κ1) is 16.3. The molecule has 0 atom stereocenters. The van der Waals surface area contributed by atoms with Gasteiger partial charge in [-0.1, -0.05) is 35.4 Å². The van der Waals surface area contributed by atoms with Gasteiger partial charge in [-0.2, -0.15) is 0 Å². The van der Waals surface area contributed by atoms with Gasteiger partial charge in [0.25, 0.3) is 11.8 Å². The molecule has 0 saturated carbocycles. The number of hydrogen-bond acceptors (Lipinski definition) is 2. The molecule has 2 aromatic carbocycles. The van der Waals surface area contributed by atoms with Crippen molar-refractivity contribution in [1.82, 2.24) is 0 Å². The second kappa shape index (κ2) is 5.83. The van der Waals surface area contributed by atoms with Gasteiger partial charge >= 0.3 is 0 Å². The van der Waals surface area contributed by atoms with Gasteiger partial charge in [-0.15, -0.1) is 0 Å². The van der Waals surface area contributed by atoms with Crippen LogP contribution in [-0.4, -0.2) is 11.8 Å². The number of carbonyl (C=O) groups is 2. The second-order valence-corrected chi connectivity index (χ2v) is 5.93. The predicted octanol–water partition coefficient (Wildman–Crippen LogP) is 4.10. The summed E-state index contributed by atoms with van der Waals surface area (Å²) in [6.07, 6.45) is 0. The van der Waals surface area contributed by atoms with Crippen LogP contribution in [0.1, 0.15) is 16.7 Å². The lowest BCUT2D eigenvalue weighted by Gasteiger charge is -2.16. The van der Waals surface area contributed by atoms with Gasteiger partial charge in [-0.25, -0.2) is 13.7 Å². The van der Waals surface area contributed by atoms with Crippen molar-refractivity contribution in [2.24, 2.45) is 0 Å². The highest BCUT2D eigenvalue weighted by Gasteiger charge is 2.40. The Morgan fingerprint density at radius 1 is 0.958 bits per heavy atom. The maximum absolute atomic E-state index is 14.0. The van der Waals surface area contributed by atoms with Gasteiger partial charge in [-0.3, -0.25) is 9.59 Å². The molecule has 2 aromatic rings. The Bertz CT molecular complexity index is 921. The Balaban J connectivity index is 2.13. The van der Waals surface area contributed by atoms with Gasteiger partial charge in [0, 0.05) is 6.07 Å². The molecule has 122 valence electrons. The molecule has 6 heteroatoms. The van der Waals surface area contributed by atoms with Crippen LogP contribution in [-0.2, 0) is 9.59 Å². The molecular formula is C18H12ClF2NO2. The van der Waals surface area contributed by atoms with Gasteiger partial charge in [0.1, 0.15) is 16.7 Å². The second-order valence-electron chi connectivity index (χ2n) is 5.55. The monoisotopic (exact) mass is 347 g/mol. The summed E-state index contributed by atoms with van der Waals surface area (Å²) in [5.41, 5.74) is 1.76. The standard InChI is InChI=1S/C18H12ClF2NO2/c1-9-3-5-12(10(2)7-9)15-16(19)18(24)22(17(15)23)14-8-11(20)4-6-13(14)21/h3-8H,1-2H3. The number of nitrogens with zero attached hydrogens (tertiary/aromatic N) is 1. The summed E-state index contributed by atoms with van der Waals surface area (Å²) in [7, 11) is 0. The molecule has 0 bridgehead atoms. The van der Waals surface area contributed by atoms with E-state index in [9.17, 15) is 18.4 Å². The predicted molar refractivity (Wildman–Crippen MR) is 87.5 cm³/mol. The van der Waals surface area contributed by atoms with Crippen LogP contribution in [0.3, 0.4) is 0 Å². The first-order chi connectivity index (χ1) is 11.3. The van der Waals surface area contributed by atoms with Crippen LogP contribution in [0.4, 0.5) is 14.5 Å². The number of hydrogen-bond donors (Lipinski definition) is 0. The number of aryl methyl sites for hydroxylation is 2. The van der Waals surface area contributed by atoms with E-state index in [-0.39, 0.29) is 10.6 Å². The van der Waals surface area contributed by atoms with Crippen LogP contribution >= 0.6 is 11.6 Å². The van der Waals surface area contributed by atoms with Crippen LogP contribution in [0.15, 0.2) is 41.4 Å². The Hall–Kier alpha value is -2.53. The third kappa shape index (κ3) is 2.51. The summed E-state index contributed by atoms with van der Waals surface area (Å²) in [5.74, 6) is -3.30. The van der Waals surface area contributed by atoms with E-state index in [4.69, 9.17) is 11.6 Å². The quantitative estimate of drug-likeness (QED) is 0.767. The zero-order valence-electron chi connectivity index (χ0n) is 12.9. The van der Waals surface area contributed by atoms with E-state index in [2.05, 4.69) is 0 Å². The minimum Gasteiger partial charge on any atom is -0.268 e. The van der Waals surface area contributed by atoms with Crippen molar-refractivity contribution in [2.45, 2.75) is 13.8 Å². The van der Waals surface area contributed by atoms with Gasteiger partial charge < -0.3 is 0 Å². The number of amides is 2. The van der Waals surface area contributed by atoms with E-state index in [0.717, 1.165) is 29.3 Å². The molecule has 0 saturated heterocycles. The molecule has 0 radical (unpaired) electrons. The molecule has 0 aliphatic carbocycles. The summed E-state index contributed by atoms with van der Waals surface area (Å²) < 4.78 is 27.4. The van der Waals surface area contributed by atoms with Crippen LogP contribution in [0.25, 0.3) is 5.57 Å². The fourth-order valence-corrected chi connectivity index (χ4v) is 2.97. The summed E-state index contributed by atoms with van der Waals surface area (Å²) in [5, 5.41) is -0.310. The fraction of sp³-hybridized carbons (Fsp3) is 0.111. The molecule has 24 heavy (non-hydrogen) atoms. The summed E-state index contributed by atoms with van der Waals surface area (Å²) in [6, 6.07) is 7.86. The lowest BCUT2D eigenvalue weighted by atomic mass is 9.99. The average molecular weight is 348 g/mol. The molecule has 3 rings (SSSR count). The van der Waals surface area contributed by atoms with Crippen molar-refractivity contribution in [3.63, 3.8) is 0 Å². The van der Waals surface area contributed by atoms with Crippen molar-refractivity contribution < 1.29 is 18.4 Å². The Morgan fingerprint density at radius 3 is 2.33 bits per heavy atom. The normalized spacial score (nSPS) is 14.8. The minimum atomic E-state index is -0.885. The SMILES string of the molecule is Cc1ccc(C2=C(Cl)C(=O)N(c3cc(F)ccc3F)C2=O)c(C)c1. The zero-order valence-corrected chi connectivity index (χ0v) is 13.6. The number of carbonyl (C=O) groups excluding carboxylic acids is 2. The number of rotatable bonds is 2. The van der Waals surface area contributed by atoms with E-state index >= 15 is 0 Å². The first-order valence-electron chi connectivity index (χ1n) is 7.12. The molecule has 3 nitrogen and oxygen atoms in total. The van der Waals surface area contributed by atoms with E-state index < -0.39 is 29.1 Å². The molecule has 0 N–H and O–H groups in total. The van der Waals surface area contributed by atoms with E-state index in [1.807, 2.05) is 13.0 Å². The Kier molecular flexibility index (Phi) is 3.97. The van der Waals surface area contributed by atoms with Crippen molar-refractivity contribution in [3.8, 4) is 0 Å². The maximum atomic E-state index is 14.0. The number of imide groups is 1. The van der Waals surface area contributed by atoms with Crippen LogP contribution in [0.2, 0.25) is 0 Å². The Labute approximate surface area is 142 Å². The topological polar surface area (TPSA) is 37.4 Å².